The molecule has 0 saturated carbocycles. The highest BCUT2D eigenvalue weighted by Gasteiger charge is 2.27. The van der Waals surface area contributed by atoms with Gasteiger partial charge in [0.05, 0.1) is 0 Å². The third-order valence-electron chi connectivity index (χ3n) is 2.53. The molecule has 72 valence electrons. The van der Waals surface area contributed by atoms with E-state index in [2.05, 4.69) is 12.2 Å². The Labute approximate surface area is 78.9 Å². The molecule has 1 rings (SSSR count). The van der Waals surface area contributed by atoms with E-state index >= 15 is 0 Å². The Morgan fingerprint density at radius 3 is 2.42 bits per heavy atom. The maximum atomic E-state index is 10.5. The number of hydrogen-bond donors (Lipinski definition) is 2. The van der Waals surface area contributed by atoms with E-state index in [1.165, 1.54) is 0 Å². The Morgan fingerprint density at radius 2 is 2.00 bits per heavy atom. The molecular weight excluding hydrogens is 178 g/mol. The van der Waals surface area contributed by atoms with Gasteiger partial charge < -0.3 is 10.4 Å². The van der Waals surface area contributed by atoms with Crippen LogP contribution in [0.5, 0.6) is 0 Å². The van der Waals surface area contributed by atoms with Gasteiger partial charge in [-0.25, -0.2) is 0 Å². The zero-order valence-corrected chi connectivity index (χ0v) is 8.23. The van der Waals surface area contributed by atoms with Crippen LogP contribution < -0.4 is 5.32 Å². The summed E-state index contributed by atoms with van der Waals surface area (Å²) in [5, 5.41) is 11.7. The lowest BCUT2D eigenvalue weighted by Gasteiger charge is -2.31. The van der Waals surface area contributed by atoms with Gasteiger partial charge in [-0.15, -0.1) is 12.4 Å². The molecule has 1 saturated heterocycles. The van der Waals surface area contributed by atoms with Crippen LogP contribution in [0.15, 0.2) is 0 Å². The number of rotatable bonds is 1. The molecule has 0 amide bonds. The number of hydrogen-bond acceptors (Lipinski definition) is 2. The molecule has 1 aliphatic heterocycles. The topological polar surface area (TPSA) is 49.3 Å². The van der Waals surface area contributed by atoms with Gasteiger partial charge in [-0.1, -0.05) is 6.92 Å². The van der Waals surface area contributed by atoms with Gasteiger partial charge in [0.1, 0.15) is 6.04 Å². The van der Waals surface area contributed by atoms with Crippen molar-refractivity contribution in [3.05, 3.63) is 0 Å². The third-order valence-corrected chi connectivity index (χ3v) is 2.53. The maximum Gasteiger partial charge on any atom is 0.320 e. The Bertz CT molecular complexity index is 163. The fourth-order valence-corrected chi connectivity index (χ4v) is 1.44. The van der Waals surface area contributed by atoms with Gasteiger partial charge in [-0.3, -0.25) is 4.79 Å². The van der Waals surface area contributed by atoms with Gasteiger partial charge in [0.15, 0.2) is 0 Å². The molecule has 4 heteroatoms. The summed E-state index contributed by atoms with van der Waals surface area (Å²) in [4.78, 5) is 10.5. The van der Waals surface area contributed by atoms with Crippen LogP contribution in [0, 0.1) is 5.92 Å². The summed E-state index contributed by atoms with van der Waals surface area (Å²) >= 11 is 0. The molecular formula is C8H16ClNO2. The molecule has 1 aliphatic rings. The lowest BCUT2D eigenvalue weighted by Crippen LogP contribution is -2.48. The lowest BCUT2D eigenvalue weighted by molar-refractivity contribution is -0.140. The molecule has 2 N–H and O–H groups in total. The number of halogens is 1. The Hall–Kier alpha value is -0.280. The molecule has 1 heterocycles. The standard InChI is InChI=1S/C8H15NO2.ClH/c1-5-3-4-7(8(10)11)9-6(5)2;/h5-7,9H,3-4H2,1-2H3,(H,10,11);1H. The first-order chi connectivity index (χ1) is 5.11. The van der Waals surface area contributed by atoms with E-state index in [-0.39, 0.29) is 18.4 Å². The molecule has 0 aromatic carbocycles. The Kier molecular flexibility index (Phi) is 4.57. The van der Waals surface area contributed by atoms with E-state index in [4.69, 9.17) is 5.11 Å². The summed E-state index contributed by atoms with van der Waals surface area (Å²) in [7, 11) is 0. The van der Waals surface area contributed by atoms with Crippen LogP contribution in [0.4, 0.5) is 0 Å². The van der Waals surface area contributed by atoms with Gasteiger partial charge >= 0.3 is 5.97 Å². The number of carbonyl (C=O) groups is 1. The molecule has 1 fully saturated rings. The molecule has 3 unspecified atom stereocenters. The number of nitrogens with one attached hydrogen (secondary N) is 1. The molecule has 0 aliphatic carbocycles. The van der Waals surface area contributed by atoms with Crippen LogP contribution in [-0.4, -0.2) is 23.2 Å². The highest BCUT2D eigenvalue weighted by Crippen LogP contribution is 2.18. The maximum absolute atomic E-state index is 10.5. The van der Waals surface area contributed by atoms with Crippen LogP contribution in [0.2, 0.25) is 0 Å². The van der Waals surface area contributed by atoms with Crippen LogP contribution in [0.1, 0.15) is 26.7 Å². The minimum Gasteiger partial charge on any atom is -0.480 e. The summed E-state index contributed by atoms with van der Waals surface area (Å²) in [5.41, 5.74) is 0. The molecule has 12 heavy (non-hydrogen) atoms. The molecule has 0 aromatic rings. The Morgan fingerprint density at radius 1 is 1.42 bits per heavy atom. The summed E-state index contributed by atoms with van der Waals surface area (Å²) < 4.78 is 0. The van der Waals surface area contributed by atoms with E-state index in [1.54, 1.807) is 0 Å². The van der Waals surface area contributed by atoms with Crippen molar-refractivity contribution in [1.82, 2.24) is 5.32 Å². The monoisotopic (exact) mass is 193 g/mol. The average Bonchev–Trinajstić information content (AvgIpc) is 1.94. The molecule has 0 bridgehead atoms. The van der Waals surface area contributed by atoms with Crippen molar-refractivity contribution < 1.29 is 9.90 Å². The second kappa shape index (κ2) is 4.67. The predicted octanol–water partition coefficient (Wildman–Crippen LogP) is 1.27. The molecule has 3 nitrogen and oxygen atoms in total. The van der Waals surface area contributed by atoms with E-state index in [0.717, 1.165) is 12.8 Å². The third kappa shape index (κ3) is 2.64. The van der Waals surface area contributed by atoms with Crippen molar-refractivity contribution in [2.75, 3.05) is 0 Å². The summed E-state index contributed by atoms with van der Waals surface area (Å²) in [6.07, 6.45) is 1.78. The van der Waals surface area contributed by atoms with Crippen molar-refractivity contribution in [3.63, 3.8) is 0 Å². The minimum absolute atomic E-state index is 0. The van der Waals surface area contributed by atoms with E-state index < -0.39 is 5.97 Å². The van der Waals surface area contributed by atoms with Crippen LogP contribution in [0.25, 0.3) is 0 Å². The van der Waals surface area contributed by atoms with Crippen LogP contribution >= 0.6 is 12.4 Å². The van der Waals surface area contributed by atoms with Crippen molar-refractivity contribution in [2.45, 2.75) is 38.8 Å². The second-order valence-electron chi connectivity index (χ2n) is 3.40. The molecule has 0 radical (unpaired) electrons. The van der Waals surface area contributed by atoms with Gasteiger partial charge in [-0.2, -0.15) is 0 Å². The first-order valence-corrected chi connectivity index (χ1v) is 4.10. The minimum atomic E-state index is -0.719. The van der Waals surface area contributed by atoms with Gasteiger partial charge in [0.25, 0.3) is 0 Å². The van der Waals surface area contributed by atoms with E-state index in [9.17, 15) is 4.79 Å². The molecule has 3 atom stereocenters. The average molecular weight is 194 g/mol. The molecule has 0 aromatic heterocycles. The van der Waals surface area contributed by atoms with Crippen molar-refractivity contribution in [2.24, 2.45) is 5.92 Å². The summed E-state index contributed by atoms with van der Waals surface area (Å²) in [6.45, 7) is 4.19. The SMILES string of the molecule is CC1CCC(C(=O)O)NC1C.Cl. The largest absolute Gasteiger partial charge is 0.480 e. The first-order valence-electron chi connectivity index (χ1n) is 4.10. The molecule has 0 spiro atoms. The zero-order chi connectivity index (χ0) is 8.43. The normalized spacial score (nSPS) is 35.3. The van der Waals surface area contributed by atoms with Gasteiger partial charge in [0.2, 0.25) is 0 Å². The van der Waals surface area contributed by atoms with E-state index in [0.29, 0.717) is 12.0 Å². The number of piperidine rings is 1. The van der Waals surface area contributed by atoms with Gasteiger partial charge in [0, 0.05) is 6.04 Å². The number of carboxylic acid groups (broad SMARTS) is 1. The smallest absolute Gasteiger partial charge is 0.320 e. The summed E-state index contributed by atoms with van der Waals surface area (Å²) in [6, 6.07) is 0.0195. The fourth-order valence-electron chi connectivity index (χ4n) is 1.44. The highest BCUT2D eigenvalue weighted by atomic mass is 35.5. The zero-order valence-electron chi connectivity index (χ0n) is 7.41. The first kappa shape index (κ1) is 11.7. The summed E-state index contributed by atoms with van der Waals surface area (Å²) in [5.74, 6) is -0.116. The lowest BCUT2D eigenvalue weighted by atomic mass is 9.90. The van der Waals surface area contributed by atoms with Crippen molar-refractivity contribution >= 4 is 18.4 Å². The second-order valence-corrected chi connectivity index (χ2v) is 3.40. The van der Waals surface area contributed by atoms with Crippen molar-refractivity contribution in [1.29, 1.82) is 0 Å². The van der Waals surface area contributed by atoms with Crippen LogP contribution in [0.3, 0.4) is 0 Å². The van der Waals surface area contributed by atoms with Crippen molar-refractivity contribution in [3.8, 4) is 0 Å². The fraction of sp³-hybridized carbons (Fsp3) is 0.875. The van der Waals surface area contributed by atoms with E-state index in [1.807, 2.05) is 6.92 Å². The predicted molar refractivity (Wildman–Crippen MR) is 49.7 cm³/mol. The van der Waals surface area contributed by atoms with Crippen LogP contribution in [-0.2, 0) is 4.79 Å². The highest BCUT2D eigenvalue weighted by molar-refractivity contribution is 5.85. The number of aliphatic carboxylic acids is 1. The Balaban J connectivity index is 0.00000121. The quantitative estimate of drug-likeness (QED) is 0.660. The number of carboxylic acids is 1. The van der Waals surface area contributed by atoms with Gasteiger partial charge in [-0.05, 0) is 25.7 Å².